The maximum atomic E-state index is 9.33. The Bertz CT molecular complexity index is 399. The number of nitrogens with zero attached hydrogens (tertiary/aromatic N) is 1. The topological polar surface area (TPSA) is 35.5 Å². The number of aliphatic hydroxyl groups excluding tert-OH is 1. The summed E-state index contributed by atoms with van der Waals surface area (Å²) < 4.78 is 0. The van der Waals surface area contributed by atoms with Gasteiger partial charge in [-0.05, 0) is 43.9 Å². The largest absolute Gasteiger partial charge is 0.396 e. The van der Waals surface area contributed by atoms with E-state index in [9.17, 15) is 5.11 Å². The highest BCUT2D eigenvalue weighted by molar-refractivity contribution is 5.59. The third kappa shape index (κ3) is 3.28. The van der Waals surface area contributed by atoms with Crippen molar-refractivity contribution in [1.29, 1.82) is 0 Å². The van der Waals surface area contributed by atoms with Crippen molar-refractivity contribution < 1.29 is 5.11 Å². The molecule has 0 aliphatic carbocycles. The smallest absolute Gasteiger partial charge is 0.0451 e. The van der Waals surface area contributed by atoms with Crippen molar-refractivity contribution >= 4 is 5.69 Å². The van der Waals surface area contributed by atoms with Crippen molar-refractivity contribution in [1.82, 2.24) is 5.32 Å². The lowest BCUT2D eigenvalue weighted by Crippen LogP contribution is -2.41. The molecule has 1 heterocycles. The van der Waals surface area contributed by atoms with Gasteiger partial charge < -0.3 is 15.3 Å². The second kappa shape index (κ2) is 6.40. The zero-order chi connectivity index (χ0) is 13.8. The fourth-order valence-corrected chi connectivity index (χ4v) is 3.10. The average Bonchev–Trinajstić information content (AvgIpc) is 2.52. The fraction of sp³-hybridized carbons (Fsp3) is 0.625. The van der Waals surface area contributed by atoms with E-state index < -0.39 is 0 Å². The highest BCUT2D eigenvalue weighted by Gasteiger charge is 2.25. The maximum Gasteiger partial charge on any atom is 0.0451 e. The van der Waals surface area contributed by atoms with Gasteiger partial charge >= 0.3 is 0 Å². The Labute approximate surface area is 116 Å². The van der Waals surface area contributed by atoms with Crippen LogP contribution in [-0.4, -0.2) is 37.4 Å². The van der Waals surface area contributed by atoms with Gasteiger partial charge in [0, 0.05) is 31.4 Å². The van der Waals surface area contributed by atoms with Gasteiger partial charge in [-0.2, -0.15) is 0 Å². The third-order valence-electron chi connectivity index (χ3n) is 4.01. The van der Waals surface area contributed by atoms with Crippen molar-refractivity contribution in [2.75, 3.05) is 31.1 Å². The predicted molar refractivity (Wildman–Crippen MR) is 80.8 cm³/mol. The minimum atomic E-state index is 0.252. The van der Waals surface area contributed by atoms with Crippen molar-refractivity contribution in [3.05, 3.63) is 29.3 Å². The summed E-state index contributed by atoms with van der Waals surface area (Å²) in [7, 11) is 0. The molecule has 3 nitrogen and oxygen atoms in total. The Morgan fingerprint density at radius 3 is 2.58 bits per heavy atom. The van der Waals surface area contributed by atoms with Crippen LogP contribution in [0.2, 0.25) is 0 Å². The number of nitrogens with one attached hydrogen (secondary N) is 1. The van der Waals surface area contributed by atoms with E-state index in [1.165, 1.54) is 16.8 Å². The quantitative estimate of drug-likeness (QED) is 0.875. The molecule has 2 unspecified atom stereocenters. The molecule has 0 saturated carbocycles. The number of hydrogen-bond donors (Lipinski definition) is 2. The van der Waals surface area contributed by atoms with E-state index in [4.69, 9.17) is 0 Å². The molecule has 2 atom stereocenters. The second-order valence-electron chi connectivity index (χ2n) is 5.82. The van der Waals surface area contributed by atoms with Gasteiger partial charge in [0.05, 0.1) is 0 Å². The Kier molecular flexibility index (Phi) is 4.83. The molecule has 1 aliphatic heterocycles. The fourth-order valence-electron chi connectivity index (χ4n) is 3.10. The molecule has 0 bridgehead atoms. The summed E-state index contributed by atoms with van der Waals surface area (Å²) in [6.45, 7) is 9.98. The lowest BCUT2D eigenvalue weighted by atomic mass is 10.0. The van der Waals surface area contributed by atoms with Crippen LogP contribution in [0.15, 0.2) is 18.2 Å². The van der Waals surface area contributed by atoms with E-state index >= 15 is 0 Å². The Morgan fingerprint density at radius 1 is 1.26 bits per heavy atom. The van der Waals surface area contributed by atoms with E-state index in [-0.39, 0.29) is 6.61 Å². The first-order chi connectivity index (χ1) is 9.13. The van der Waals surface area contributed by atoms with Gasteiger partial charge in [0.2, 0.25) is 0 Å². The van der Waals surface area contributed by atoms with Crippen LogP contribution in [0.25, 0.3) is 0 Å². The number of anilines is 1. The molecule has 2 rings (SSSR count). The summed E-state index contributed by atoms with van der Waals surface area (Å²) in [5, 5.41) is 12.8. The minimum absolute atomic E-state index is 0.252. The van der Waals surface area contributed by atoms with Crippen LogP contribution >= 0.6 is 0 Å². The highest BCUT2D eigenvalue weighted by Crippen LogP contribution is 2.28. The molecule has 106 valence electrons. The van der Waals surface area contributed by atoms with Gasteiger partial charge in [-0.3, -0.25) is 0 Å². The Balaban J connectivity index is 2.35. The molecule has 1 aliphatic rings. The van der Waals surface area contributed by atoms with E-state index in [0.717, 1.165) is 26.1 Å². The van der Waals surface area contributed by atoms with Crippen LogP contribution in [0.5, 0.6) is 0 Å². The monoisotopic (exact) mass is 262 g/mol. The summed E-state index contributed by atoms with van der Waals surface area (Å²) in [6.07, 6.45) is 0.827. The van der Waals surface area contributed by atoms with Crippen molar-refractivity contribution in [2.45, 2.75) is 33.2 Å². The molecule has 0 spiro atoms. The van der Waals surface area contributed by atoms with Crippen LogP contribution in [-0.2, 0) is 0 Å². The zero-order valence-electron chi connectivity index (χ0n) is 12.3. The molecule has 1 aromatic rings. The first-order valence-corrected chi connectivity index (χ1v) is 7.28. The molecule has 3 heteroatoms. The Morgan fingerprint density at radius 2 is 1.95 bits per heavy atom. The van der Waals surface area contributed by atoms with Crippen LogP contribution in [0, 0.1) is 19.8 Å². The zero-order valence-corrected chi connectivity index (χ0v) is 12.3. The first-order valence-electron chi connectivity index (χ1n) is 7.28. The lowest BCUT2D eigenvalue weighted by molar-refractivity contribution is 0.272. The van der Waals surface area contributed by atoms with E-state index in [0.29, 0.717) is 12.0 Å². The predicted octanol–water partition coefficient (Wildman–Crippen LogP) is 2.10. The summed E-state index contributed by atoms with van der Waals surface area (Å²) in [5.74, 6) is 0.627. The standard InChI is InChI=1S/C16H26N2O/c1-12-9-17-10-15(7-8-19)18(11-12)16-13(2)5-4-6-14(16)3/h4-6,12,15,17,19H,7-11H2,1-3H3. The van der Waals surface area contributed by atoms with Gasteiger partial charge in [0.1, 0.15) is 0 Å². The van der Waals surface area contributed by atoms with Gasteiger partial charge in [-0.1, -0.05) is 25.1 Å². The summed E-state index contributed by atoms with van der Waals surface area (Å²) >= 11 is 0. The molecule has 1 aromatic carbocycles. The summed E-state index contributed by atoms with van der Waals surface area (Å²) in [4.78, 5) is 2.51. The highest BCUT2D eigenvalue weighted by atomic mass is 16.3. The van der Waals surface area contributed by atoms with Gasteiger partial charge in [0.25, 0.3) is 0 Å². The van der Waals surface area contributed by atoms with Crippen LogP contribution in [0.4, 0.5) is 5.69 Å². The van der Waals surface area contributed by atoms with Gasteiger partial charge in [-0.15, -0.1) is 0 Å². The number of aliphatic hydroxyl groups is 1. The molecule has 1 fully saturated rings. The Hall–Kier alpha value is -1.06. The molecule has 0 amide bonds. The molecule has 19 heavy (non-hydrogen) atoms. The van der Waals surface area contributed by atoms with E-state index in [2.05, 4.69) is 49.2 Å². The number of hydrogen-bond acceptors (Lipinski definition) is 3. The third-order valence-corrected chi connectivity index (χ3v) is 4.01. The van der Waals surface area contributed by atoms with Crippen molar-refractivity contribution in [2.24, 2.45) is 5.92 Å². The number of aryl methyl sites for hydroxylation is 2. The first kappa shape index (κ1) is 14.4. The van der Waals surface area contributed by atoms with Crippen LogP contribution < -0.4 is 10.2 Å². The summed E-state index contributed by atoms with van der Waals surface area (Å²) in [6, 6.07) is 6.87. The van der Waals surface area contributed by atoms with Crippen molar-refractivity contribution in [3.63, 3.8) is 0 Å². The van der Waals surface area contributed by atoms with Gasteiger partial charge in [0.15, 0.2) is 0 Å². The van der Waals surface area contributed by atoms with Gasteiger partial charge in [-0.25, -0.2) is 0 Å². The van der Waals surface area contributed by atoms with Crippen LogP contribution in [0.3, 0.4) is 0 Å². The molecular formula is C16H26N2O. The molecule has 2 N–H and O–H groups in total. The van der Waals surface area contributed by atoms with E-state index in [1.807, 2.05) is 0 Å². The van der Waals surface area contributed by atoms with E-state index in [1.54, 1.807) is 0 Å². The number of para-hydroxylation sites is 1. The van der Waals surface area contributed by atoms with Crippen LogP contribution in [0.1, 0.15) is 24.5 Å². The normalized spacial score (nSPS) is 24.3. The number of benzene rings is 1. The molecular weight excluding hydrogens is 236 g/mol. The number of rotatable bonds is 3. The molecule has 1 saturated heterocycles. The van der Waals surface area contributed by atoms with Crippen molar-refractivity contribution in [3.8, 4) is 0 Å². The molecule has 0 aromatic heterocycles. The lowest BCUT2D eigenvalue weighted by Gasteiger charge is -2.35. The average molecular weight is 262 g/mol. The maximum absolute atomic E-state index is 9.33. The SMILES string of the molecule is Cc1cccc(C)c1N1CC(C)CNCC1CCO. The molecule has 0 radical (unpaired) electrons. The summed E-state index contributed by atoms with van der Waals surface area (Å²) in [5.41, 5.74) is 4.02. The second-order valence-corrected chi connectivity index (χ2v) is 5.82. The minimum Gasteiger partial charge on any atom is -0.396 e.